The highest BCUT2D eigenvalue weighted by molar-refractivity contribution is 9.11. The highest BCUT2D eigenvalue weighted by Gasteiger charge is 2.23. The molecular weight excluding hydrogens is 322 g/mol. The van der Waals surface area contributed by atoms with Crippen LogP contribution >= 0.6 is 27.3 Å². The van der Waals surface area contributed by atoms with Gasteiger partial charge in [0.25, 0.3) is 0 Å². The number of benzene rings is 1. The van der Waals surface area contributed by atoms with Crippen LogP contribution in [0.1, 0.15) is 34.9 Å². The molecule has 1 aromatic carbocycles. The fourth-order valence-corrected chi connectivity index (χ4v) is 3.53. The van der Waals surface area contributed by atoms with Crippen LogP contribution in [0.15, 0.2) is 34.1 Å². The van der Waals surface area contributed by atoms with Crippen LogP contribution in [0.5, 0.6) is 5.75 Å². The third kappa shape index (κ3) is 3.02. The number of ether oxygens (including phenoxy) is 1. The van der Waals surface area contributed by atoms with Crippen LogP contribution in [0.2, 0.25) is 0 Å². The largest absolute Gasteiger partial charge is 0.490 e. The maximum absolute atomic E-state index is 6.31. The Morgan fingerprint density at radius 3 is 2.53 bits per heavy atom. The van der Waals surface area contributed by atoms with Gasteiger partial charge in [0.1, 0.15) is 5.75 Å². The first-order chi connectivity index (χ1) is 9.13. The summed E-state index contributed by atoms with van der Waals surface area (Å²) in [5.74, 6) is 0.946. The van der Waals surface area contributed by atoms with Crippen molar-refractivity contribution in [1.82, 2.24) is 0 Å². The molecule has 1 aliphatic carbocycles. The van der Waals surface area contributed by atoms with E-state index >= 15 is 0 Å². The summed E-state index contributed by atoms with van der Waals surface area (Å²) in [5.41, 5.74) is 8.67. The average molecular weight is 338 g/mol. The number of rotatable bonds is 4. The molecule has 2 nitrogen and oxygen atoms in total. The average Bonchev–Trinajstić information content (AvgIpc) is 3.15. The molecule has 4 heteroatoms. The first-order valence-electron chi connectivity index (χ1n) is 6.41. The van der Waals surface area contributed by atoms with Crippen molar-refractivity contribution in [3.8, 4) is 5.75 Å². The van der Waals surface area contributed by atoms with Gasteiger partial charge in [0.15, 0.2) is 0 Å². The van der Waals surface area contributed by atoms with Crippen molar-refractivity contribution in [2.45, 2.75) is 31.9 Å². The summed E-state index contributed by atoms with van der Waals surface area (Å²) in [6, 6.07) is 10.2. The second kappa shape index (κ2) is 5.27. The second-order valence-corrected chi connectivity index (χ2v) is 7.37. The van der Waals surface area contributed by atoms with Crippen molar-refractivity contribution < 1.29 is 4.74 Å². The highest BCUT2D eigenvalue weighted by atomic mass is 79.9. The third-order valence-electron chi connectivity index (χ3n) is 3.25. The van der Waals surface area contributed by atoms with Gasteiger partial charge in [-0.15, -0.1) is 11.3 Å². The van der Waals surface area contributed by atoms with Gasteiger partial charge in [-0.2, -0.15) is 0 Å². The molecule has 1 heterocycles. The number of nitrogens with two attached hydrogens (primary N) is 1. The number of hydrogen-bond acceptors (Lipinski definition) is 3. The van der Waals surface area contributed by atoms with E-state index in [4.69, 9.17) is 10.5 Å². The molecule has 1 saturated carbocycles. The summed E-state index contributed by atoms with van der Waals surface area (Å²) >= 11 is 5.25. The van der Waals surface area contributed by atoms with E-state index in [9.17, 15) is 0 Å². The van der Waals surface area contributed by atoms with Crippen molar-refractivity contribution in [2.75, 3.05) is 0 Å². The van der Waals surface area contributed by atoms with Crippen molar-refractivity contribution in [2.24, 2.45) is 5.73 Å². The van der Waals surface area contributed by atoms with Gasteiger partial charge in [-0.3, -0.25) is 0 Å². The third-order valence-corrected chi connectivity index (χ3v) is 5.47. The van der Waals surface area contributed by atoms with Crippen LogP contribution in [0.3, 0.4) is 0 Å². The fourth-order valence-electron chi connectivity index (χ4n) is 1.93. The predicted octanol–water partition coefficient (Wildman–Crippen LogP) is 4.41. The van der Waals surface area contributed by atoms with E-state index in [2.05, 4.69) is 41.1 Å². The van der Waals surface area contributed by atoms with Crippen molar-refractivity contribution in [3.05, 3.63) is 50.1 Å². The predicted molar refractivity (Wildman–Crippen MR) is 82.9 cm³/mol. The summed E-state index contributed by atoms with van der Waals surface area (Å²) < 4.78 is 6.90. The number of halogens is 1. The molecule has 0 amide bonds. The number of aryl methyl sites for hydroxylation is 1. The highest BCUT2D eigenvalue weighted by Crippen LogP contribution is 2.34. The molecule has 3 rings (SSSR count). The molecule has 1 atom stereocenters. The molecule has 0 radical (unpaired) electrons. The van der Waals surface area contributed by atoms with Crippen molar-refractivity contribution in [3.63, 3.8) is 0 Å². The molecule has 0 aliphatic heterocycles. The van der Waals surface area contributed by atoms with E-state index in [1.54, 1.807) is 11.3 Å². The van der Waals surface area contributed by atoms with Crippen LogP contribution in [0.4, 0.5) is 0 Å². The summed E-state index contributed by atoms with van der Waals surface area (Å²) in [7, 11) is 0. The van der Waals surface area contributed by atoms with Gasteiger partial charge in [0.2, 0.25) is 0 Å². The van der Waals surface area contributed by atoms with Crippen molar-refractivity contribution >= 4 is 27.3 Å². The van der Waals surface area contributed by atoms with Crippen LogP contribution in [0, 0.1) is 6.92 Å². The Morgan fingerprint density at radius 1 is 1.32 bits per heavy atom. The maximum atomic E-state index is 6.31. The molecule has 2 aromatic rings. The van der Waals surface area contributed by atoms with Gasteiger partial charge in [-0.1, -0.05) is 12.1 Å². The van der Waals surface area contributed by atoms with E-state index in [0.29, 0.717) is 6.10 Å². The van der Waals surface area contributed by atoms with E-state index in [0.717, 1.165) is 15.1 Å². The minimum Gasteiger partial charge on any atom is -0.490 e. The Bertz CT molecular complexity index is 555. The van der Waals surface area contributed by atoms with E-state index < -0.39 is 0 Å². The normalized spacial score (nSPS) is 16.4. The van der Waals surface area contributed by atoms with Gasteiger partial charge in [0, 0.05) is 4.88 Å². The Hall–Kier alpha value is -0.840. The summed E-state index contributed by atoms with van der Waals surface area (Å²) in [6.07, 6.45) is 2.81. The molecule has 1 aliphatic rings. The minimum absolute atomic E-state index is 0.0648. The van der Waals surface area contributed by atoms with Gasteiger partial charge >= 0.3 is 0 Å². The topological polar surface area (TPSA) is 35.2 Å². The molecule has 100 valence electrons. The Kier molecular flexibility index (Phi) is 3.65. The lowest BCUT2D eigenvalue weighted by atomic mass is 10.1. The van der Waals surface area contributed by atoms with E-state index in [1.165, 1.54) is 23.3 Å². The van der Waals surface area contributed by atoms with Crippen LogP contribution in [-0.2, 0) is 0 Å². The van der Waals surface area contributed by atoms with Crippen LogP contribution < -0.4 is 10.5 Å². The quantitative estimate of drug-likeness (QED) is 0.896. The zero-order chi connectivity index (χ0) is 13.4. The lowest BCUT2D eigenvalue weighted by molar-refractivity contribution is 0.303. The molecule has 2 N–H and O–H groups in total. The minimum atomic E-state index is -0.0648. The summed E-state index contributed by atoms with van der Waals surface area (Å²) in [4.78, 5) is 1.18. The Labute approximate surface area is 125 Å². The number of thiophene rings is 1. The summed E-state index contributed by atoms with van der Waals surface area (Å²) in [5, 5.41) is 0. The SMILES string of the molecule is Cc1cc(C(N)c2ccc(OC3CC3)cc2)sc1Br. The first-order valence-corrected chi connectivity index (χ1v) is 8.02. The zero-order valence-electron chi connectivity index (χ0n) is 10.7. The van der Waals surface area contributed by atoms with Gasteiger partial charge in [-0.05, 0) is 65.0 Å². The molecule has 0 bridgehead atoms. The molecule has 1 unspecified atom stereocenters. The zero-order valence-corrected chi connectivity index (χ0v) is 13.1. The molecular formula is C15H16BrNOS. The van der Waals surface area contributed by atoms with Gasteiger partial charge in [-0.25, -0.2) is 0 Å². The second-order valence-electron chi connectivity index (χ2n) is 4.97. The first kappa shape index (κ1) is 13.2. The standard InChI is InChI=1S/C15H16BrNOS/c1-9-8-13(19-15(9)16)14(17)10-2-4-11(5-3-10)18-12-6-7-12/h2-5,8,12,14H,6-7,17H2,1H3. The molecule has 0 spiro atoms. The fraction of sp³-hybridized carbons (Fsp3) is 0.333. The maximum Gasteiger partial charge on any atom is 0.119 e. The van der Waals surface area contributed by atoms with Gasteiger partial charge in [0.05, 0.1) is 15.9 Å². The monoisotopic (exact) mass is 337 g/mol. The lowest BCUT2D eigenvalue weighted by Crippen LogP contribution is -2.10. The molecule has 0 saturated heterocycles. The number of hydrogen-bond donors (Lipinski definition) is 1. The van der Waals surface area contributed by atoms with Crippen LogP contribution in [0.25, 0.3) is 0 Å². The van der Waals surface area contributed by atoms with Gasteiger partial charge < -0.3 is 10.5 Å². The Morgan fingerprint density at radius 2 is 2.00 bits per heavy atom. The molecule has 19 heavy (non-hydrogen) atoms. The molecule has 1 aromatic heterocycles. The Balaban J connectivity index is 1.76. The summed E-state index contributed by atoms with van der Waals surface area (Å²) in [6.45, 7) is 2.09. The lowest BCUT2D eigenvalue weighted by Gasteiger charge is -2.11. The van der Waals surface area contributed by atoms with E-state index in [1.807, 2.05) is 12.1 Å². The van der Waals surface area contributed by atoms with E-state index in [-0.39, 0.29) is 6.04 Å². The van der Waals surface area contributed by atoms with Crippen molar-refractivity contribution in [1.29, 1.82) is 0 Å². The molecule has 1 fully saturated rings. The van der Waals surface area contributed by atoms with Crippen LogP contribution in [-0.4, -0.2) is 6.10 Å². The smallest absolute Gasteiger partial charge is 0.119 e.